The van der Waals surface area contributed by atoms with Crippen molar-refractivity contribution in [2.75, 3.05) is 12.4 Å². The van der Waals surface area contributed by atoms with Gasteiger partial charge in [0.15, 0.2) is 11.5 Å². The van der Waals surface area contributed by atoms with Crippen LogP contribution in [0.3, 0.4) is 0 Å². The molecule has 0 spiro atoms. The summed E-state index contributed by atoms with van der Waals surface area (Å²) in [6.45, 7) is 4.02. The molecule has 0 aliphatic rings. The second kappa shape index (κ2) is 10.1. The molecule has 0 bridgehead atoms. The summed E-state index contributed by atoms with van der Waals surface area (Å²) < 4.78 is 5.20. The number of carbonyl (C=O) groups excluding carboxylic acids is 1. The maximum Gasteiger partial charge on any atom is 0.257 e. The number of benzene rings is 2. The van der Waals surface area contributed by atoms with Crippen LogP contribution in [0, 0.1) is 6.92 Å². The van der Waals surface area contributed by atoms with E-state index in [1.165, 1.54) is 7.11 Å². The topological polar surface area (TPSA) is 97.2 Å². The number of carbonyl (C=O) groups is 1. The number of ether oxygens (including phenoxy) is 1. The lowest BCUT2D eigenvalue weighted by molar-refractivity contribution is 0.102. The van der Waals surface area contributed by atoms with Gasteiger partial charge in [0.1, 0.15) is 0 Å². The second-order valence-corrected chi connectivity index (χ2v) is 8.22. The Balaban J connectivity index is 1.48. The number of aromatic nitrogens is 3. The minimum absolute atomic E-state index is 0.0784. The Hall–Kier alpha value is -4.26. The molecule has 0 radical (unpaired) electrons. The monoisotopic (exact) mass is 454 g/mol. The molecule has 2 aromatic heterocycles. The van der Waals surface area contributed by atoms with Crippen molar-refractivity contribution >= 4 is 11.6 Å². The number of phenols is 1. The van der Waals surface area contributed by atoms with Gasteiger partial charge >= 0.3 is 0 Å². The predicted octanol–water partition coefficient (Wildman–Crippen LogP) is 5.16. The molecule has 2 heterocycles. The van der Waals surface area contributed by atoms with E-state index in [0.29, 0.717) is 23.4 Å². The molecule has 1 amide bonds. The molecule has 1 atom stereocenters. The molecule has 0 saturated heterocycles. The highest BCUT2D eigenvalue weighted by atomic mass is 16.5. The van der Waals surface area contributed by atoms with E-state index in [2.05, 4.69) is 22.2 Å². The molecule has 4 aromatic rings. The number of hydrogen-bond acceptors (Lipinski definition) is 6. The summed E-state index contributed by atoms with van der Waals surface area (Å²) >= 11 is 0. The summed E-state index contributed by atoms with van der Waals surface area (Å²) in [4.78, 5) is 25.8. The van der Waals surface area contributed by atoms with Crippen LogP contribution in [0.5, 0.6) is 11.5 Å². The zero-order chi connectivity index (χ0) is 24.1. The van der Waals surface area contributed by atoms with Gasteiger partial charge in [0.25, 0.3) is 5.91 Å². The second-order valence-electron chi connectivity index (χ2n) is 8.22. The molecule has 0 fully saturated rings. The summed E-state index contributed by atoms with van der Waals surface area (Å²) in [6, 6.07) is 14.7. The number of aryl methyl sites for hydroxylation is 1. The average Bonchev–Trinajstić information content (AvgIpc) is 2.84. The molecule has 0 saturated carbocycles. The van der Waals surface area contributed by atoms with Crippen LogP contribution in [0.4, 0.5) is 5.69 Å². The molecule has 2 N–H and O–H groups in total. The lowest BCUT2D eigenvalue weighted by atomic mass is 9.95. The van der Waals surface area contributed by atoms with Gasteiger partial charge in [-0.15, -0.1) is 0 Å². The van der Waals surface area contributed by atoms with E-state index in [-0.39, 0.29) is 17.6 Å². The first kappa shape index (κ1) is 22.9. The Morgan fingerprint density at radius 2 is 1.88 bits per heavy atom. The molecule has 2 aromatic carbocycles. The summed E-state index contributed by atoms with van der Waals surface area (Å²) in [5, 5.41) is 12.8. The molecule has 7 nitrogen and oxygen atoms in total. The van der Waals surface area contributed by atoms with Crippen molar-refractivity contribution in [3.05, 3.63) is 95.7 Å². The number of aromatic hydroxyl groups is 1. The highest BCUT2D eigenvalue weighted by molar-refractivity contribution is 6.04. The summed E-state index contributed by atoms with van der Waals surface area (Å²) in [7, 11) is 1.51. The van der Waals surface area contributed by atoms with Crippen LogP contribution in [0.1, 0.15) is 40.0 Å². The largest absolute Gasteiger partial charge is 0.504 e. The zero-order valence-corrected chi connectivity index (χ0v) is 19.3. The van der Waals surface area contributed by atoms with E-state index in [9.17, 15) is 9.90 Å². The highest BCUT2D eigenvalue weighted by Crippen LogP contribution is 2.31. The third-order valence-electron chi connectivity index (χ3n) is 5.53. The van der Waals surface area contributed by atoms with E-state index in [4.69, 9.17) is 9.72 Å². The summed E-state index contributed by atoms with van der Waals surface area (Å²) in [5.41, 5.74) is 5.63. The van der Waals surface area contributed by atoms with E-state index in [0.717, 1.165) is 28.1 Å². The fourth-order valence-electron chi connectivity index (χ4n) is 3.72. The number of rotatable bonds is 7. The first-order valence-electron chi connectivity index (χ1n) is 10.9. The minimum atomic E-state index is -0.191. The van der Waals surface area contributed by atoms with E-state index in [1.807, 2.05) is 37.3 Å². The van der Waals surface area contributed by atoms with Crippen LogP contribution in [0.2, 0.25) is 0 Å². The number of anilines is 1. The van der Waals surface area contributed by atoms with Crippen molar-refractivity contribution in [2.24, 2.45) is 0 Å². The minimum Gasteiger partial charge on any atom is -0.504 e. The number of amides is 1. The van der Waals surface area contributed by atoms with Crippen molar-refractivity contribution in [1.82, 2.24) is 15.0 Å². The van der Waals surface area contributed by atoms with Crippen molar-refractivity contribution in [3.8, 4) is 22.8 Å². The molecule has 0 unspecified atom stereocenters. The van der Waals surface area contributed by atoms with E-state index < -0.39 is 0 Å². The van der Waals surface area contributed by atoms with E-state index >= 15 is 0 Å². The number of nitrogens with zero attached hydrogens (tertiary/aromatic N) is 3. The lowest BCUT2D eigenvalue weighted by Gasteiger charge is -2.14. The van der Waals surface area contributed by atoms with Crippen LogP contribution in [-0.4, -0.2) is 33.1 Å². The fraction of sp³-hybridized carbons (Fsp3) is 0.185. The van der Waals surface area contributed by atoms with Gasteiger partial charge in [-0.25, -0.2) is 4.98 Å². The number of nitrogens with one attached hydrogen (secondary N) is 1. The third-order valence-corrected chi connectivity index (χ3v) is 5.53. The zero-order valence-electron chi connectivity index (χ0n) is 19.3. The van der Waals surface area contributed by atoms with Gasteiger partial charge < -0.3 is 15.2 Å². The fourth-order valence-corrected chi connectivity index (χ4v) is 3.72. The Kier molecular flexibility index (Phi) is 6.82. The number of hydrogen-bond donors (Lipinski definition) is 2. The maximum atomic E-state index is 12.6. The molecule has 4 rings (SSSR count). The lowest BCUT2D eigenvalue weighted by Crippen LogP contribution is -2.12. The van der Waals surface area contributed by atoms with Gasteiger partial charge in [0.05, 0.1) is 30.3 Å². The van der Waals surface area contributed by atoms with Crippen molar-refractivity contribution in [2.45, 2.75) is 26.2 Å². The van der Waals surface area contributed by atoms with Gasteiger partial charge in [0.2, 0.25) is 0 Å². The quantitative estimate of drug-likeness (QED) is 0.400. The van der Waals surface area contributed by atoms with Gasteiger partial charge in [-0.1, -0.05) is 19.1 Å². The SMILES string of the molecule is COc1cc(-c2cncc(C[C@@H](C)c3cccc(NC(=O)c4cncc(C)c4)c3)n2)ccc1O. The molecule has 172 valence electrons. The Bertz CT molecular complexity index is 1320. The van der Waals surface area contributed by atoms with Gasteiger partial charge in [-0.3, -0.25) is 14.8 Å². The van der Waals surface area contributed by atoms with E-state index in [1.54, 1.807) is 43.0 Å². The molecule has 34 heavy (non-hydrogen) atoms. The maximum absolute atomic E-state index is 12.6. The summed E-state index contributed by atoms with van der Waals surface area (Å²) in [6.07, 6.45) is 7.40. The molecule has 0 aliphatic carbocycles. The van der Waals surface area contributed by atoms with Crippen LogP contribution >= 0.6 is 0 Å². The van der Waals surface area contributed by atoms with Crippen LogP contribution in [0.25, 0.3) is 11.3 Å². The van der Waals surface area contributed by atoms with Crippen LogP contribution in [0.15, 0.2) is 73.3 Å². The highest BCUT2D eigenvalue weighted by Gasteiger charge is 2.13. The van der Waals surface area contributed by atoms with Gasteiger partial charge in [-0.05, 0) is 66.8 Å². The average molecular weight is 455 g/mol. The van der Waals surface area contributed by atoms with Gasteiger partial charge in [-0.2, -0.15) is 0 Å². The van der Waals surface area contributed by atoms with Crippen molar-refractivity contribution in [1.29, 1.82) is 0 Å². The first-order chi connectivity index (χ1) is 16.4. The Morgan fingerprint density at radius 3 is 2.68 bits per heavy atom. The third kappa shape index (κ3) is 5.38. The van der Waals surface area contributed by atoms with Crippen LogP contribution < -0.4 is 10.1 Å². The predicted molar refractivity (Wildman–Crippen MR) is 131 cm³/mol. The molecular weight excluding hydrogens is 428 g/mol. The number of phenolic OH excluding ortho intramolecular Hbond substituents is 1. The number of pyridine rings is 1. The molecule has 7 heteroatoms. The Morgan fingerprint density at radius 1 is 1.06 bits per heavy atom. The normalized spacial score (nSPS) is 11.6. The Labute approximate surface area is 198 Å². The van der Waals surface area contributed by atoms with Gasteiger partial charge in [0, 0.05) is 29.8 Å². The smallest absolute Gasteiger partial charge is 0.257 e. The standard InChI is InChI=1S/C27H26N4O3/c1-17-9-21(14-28-13-17)27(33)31-22-6-4-5-19(11-22)18(2)10-23-15-29-16-24(30-23)20-7-8-25(32)26(12-20)34-3/h4-9,11-16,18,32H,10H2,1-3H3,(H,31,33)/t18-/m1/s1. The molecule has 0 aliphatic heterocycles. The molecular formula is C27H26N4O3. The number of methoxy groups -OCH3 is 1. The van der Waals surface area contributed by atoms with Crippen molar-refractivity contribution < 1.29 is 14.6 Å². The van der Waals surface area contributed by atoms with Crippen LogP contribution in [-0.2, 0) is 6.42 Å². The summed E-state index contributed by atoms with van der Waals surface area (Å²) in [5.74, 6) is 0.424. The van der Waals surface area contributed by atoms with Crippen molar-refractivity contribution in [3.63, 3.8) is 0 Å². The first-order valence-corrected chi connectivity index (χ1v) is 10.9.